The van der Waals surface area contributed by atoms with E-state index in [2.05, 4.69) is 159 Å². The summed E-state index contributed by atoms with van der Waals surface area (Å²) in [5, 5.41) is 5.26. The van der Waals surface area contributed by atoms with Crippen LogP contribution < -0.4 is 4.74 Å². The van der Waals surface area contributed by atoms with Gasteiger partial charge in [-0.1, -0.05) is 108 Å². The van der Waals surface area contributed by atoms with Gasteiger partial charge in [0.15, 0.2) is 0 Å². The molecule has 6 aromatic carbocycles. The maximum absolute atomic E-state index is 6.49. The van der Waals surface area contributed by atoms with Crippen LogP contribution in [-0.2, 0) is 0 Å². The smallest absolute Gasteiger partial charge is 0.128 e. The minimum atomic E-state index is 0.874. The molecule has 0 N–H and O–H groups in total. The lowest BCUT2D eigenvalue weighted by molar-refractivity contribution is 0.484. The molecule has 0 aliphatic rings. The summed E-state index contributed by atoms with van der Waals surface area (Å²) >= 11 is 7.50. The molecule has 0 aliphatic heterocycles. The van der Waals surface area contributed by atoms with E-state index in [1.54, 1.807) is 0 Å². The summed E-state index contributed by atoms with van der Waals surface area (Å²) in [6, 6.07) is 44.0. The van der Waals surface area contributed by atoms with Gasteiger partial charge in [-0.3, -0.25) is 0 Å². The molecule has 244 valence electrons. The van der Waals surface area contributed by atoms with Crippen LogP contribution >= 0.6 is 45.3 Å². The Balaban J connectivity index is 0.904. The molecule has 0 saturated heterocycles. The molecule has 0 amide bonds. The van der Waals surface area contributed by atoms with Crippen molar-refractivity contribution in [3.8, 4) is 11.5 Å². The predicted molar refractivity (Wildman–Crippen MR) is 230 cm³/mol. The quantitative estimate of drug-likeness (QED) is 0.155. The number of fused-ring (bicyclic) bond motifs is 10. The first-order chi connectivity index (χ1) is 25.0. The zero-order valence-corrected chi connectivity index (χ0v) is 31.2. The van der Waals surface area contributed by atoms with Crippen molar-refractivity contribution in [2.24, 2.45) is 0 Å². The molecule has 1 nitrogen and oxygen atoms in total. The predicted octanol–water partition coefficient (Wildman–Crippen LogP) is 15.6. The maximum atomic E-state index is 6.49. The Hall–Kier alpha value is -5.04. The second-order valence-electron chi connectivity index (χ2n) is 13.1. The molecule has 0 saturated carbocycles. The fourth-order valence-corrected chi connectivity index (χ4v) is 12.2. The zero-order chi connectivity index (χ0) is 34.1. The van der Waals surface area contributed by atoms with Crippen molar-refractivity contribution < 1.29 is 4.74 Å². The minimum Gasteiger partial charge on any atom is -0.457 e. The highest BCUT2D eigenvalue weighted by atomic mass is 32.1. The lowest BCUT2D eigenvalue weighted by Gasteiger charge is -2.06. The fraction of sp³-hybridized carbons (Fsp3) is 0.0435. The van der Waals surface area contributed by atoms with Gasteiger partial charge < -0.3 is 4.74 Å². The van der Waals surface area contributed by atoms with Crippen molar-refractivity contribution in [1.29, 1.82) is 0 Å². The van der Waals surface area contributed by atoms with Gasteiger partial charge in [0, 0.05) is 40.3 Å². The molecule has 51 heavy (non-hydrogen) atoms. The molecule has 10 aromatic rings. The highest BCUT2D eigenvalue weighted by Crippen LogP contribution is 2.47. The summed E-state index contributed by atoms with van der Waals surface area (Å²) in [6.07, 6.45) is 8.80. The second kappa shape index (κ2) is 12.3. The Bertz CT molecular complexity index is 2790. The maximum Gasteiger partial charge on any atom is 0.128 e. The first-order valence-corrected chi connectivity index (χ1v) is 20.2. The van der Waals surface area contributed by atoms with Crippen LogP contribution in [0.4, 0.5) is 0 Å². The van der Waals surface area contributed by atoms with Gasteiger partial charge in [-0.05, 0) is 84.6 Å². The van der Waals surface area contributed by atoms with Crippen LogP contribution in [0.15, 0.2) is 121 Å². The summed E-state index contributed by atoms with van der Waals surface area (Å²) in [6.45, 7) is 4.24. The van der Waals surface area contributed by atoms with Crippen LogP contribution in [0.3, 0.4) is 0 Å². The van der Waals surface area contributed by atoms with E-state index in [1.807, 2.05) is 45.3 Å². The standard InChI is InChI=1S/C46H30OS4/c1-27-3-7-29(8-4-27)11-13-31-15-19-35-39(23-31)48-45-37-21-17-33(25-41(37)50-43(35)45)47-34-18-22-38-42(26-34)51-44-36-20-16-32(24-40(36)49-46(38)44)14-12-30-9-5-28(2)6-10-30/h3-26H,1-2H3. The number of rotatable bonds is 6. The normalized spacial score (nSPS) is 12.4. The van der Waals surface area contributed by atoms with Crippen LogP contribution in [0.25, 0.3) is 83.4 Å². The number of benzene rings is 6. The summed E-state index contributed by atoms with van der Waals surface area (Å²) in [5.74, 6) is 1.75. The van der Waals surface area contributed by atoms with E-state index in [-0.39, 0.29) is 0 Å². The summed E-state index contributed by atoms with van der Waals surface area (Å²) in [4.78, 5) is 0. The third-order valence-corrected chi connectivity index (χ3v) is 14.5. The lowest BCUT2D eigenvalue weighted by Crippen LogP contribution is -1.83. The van der Waals surface area contributed by atoms with Crippen LogP contribution in [0.1, 0.15) is 33.4 Å². The lowest BCUT2D eigenvalue weighted by atomic mass is 10.1. The first-order valence-electron chi connectivity index (χ1n) is 17.0. The van der Waals surface area contributed by atoms with Crippen LogP contribution in [0.5, 0.6) is 11.5 Å². The van der Waals surface area contributed by atoms with Crippen molar-refractivity contribution >= 4 is 129 Å². The van der Waals surface area contributed by atoms with Gasteiger partial charge in [-0.2, -0.15) is 0 Å². The number of aryl methyl sites for hydroxylation is 2. The Morgan fingerprint density at radius 2 is 0.667 bits per heavy atom. The molecule has 5 heteroatoms. The average Bonchev–Trinajstić information content (AvgIpc) is 3.88. The summed E-state index contributed by atoms with van der Waals surface area (Å²) in [5.41, 5.74) is 7.46. The Kier molecular flexibility index (Phi) is 7.43. The van der Waals surface area contributed by atoms with Gasteiger partial charge in [0.25, 0.3) is 0 Å². The van der Waals surface area contributed by atoms with Crippen molar-refractivity contribution in [1.82, 2.24) is 0 Å². The largest absolute Gasteiger partial charge is 0.457 e. The number of thiophene rings is 4. The Morgan fingerprint density at radius 1 is 0.353 bits per heavy atom. The molecule has 0 spiro atoms. The number of hydrogen-bond donors (Lipinski definition) is 0. The van der Waals surface area contributed by atoms with Crippen molar-refractivity contribution in [3.05, 3.63) is 155 Å². The van der Waals surface area contributed by atoms with Gasteiger partial charge >= 0.3 is 0 Å². The van der Waals surface area contributed by atoms with E-state index in [4.69, 9.17) is 4.74 Å². The second-order valence-corrected chi connectivity index (χ2v) is 17.4. The van der Waals surface area contributed by atoms with Crippen LogP contribution in [-0.4, -0.2) is 0 Å². The van der Waals surface area contributed by atoms with Crippen molar-refractivity contribution in [3.63, 3.8) is 0 Å². The van der Waals surface area contributed by atoms with Crippen LogP contribution in [0.2, 0.25) is 0 Å². The van der Waals surface area contributed by atoms with Gasteiger partial charge in [-0.25, -0.2) is 0 Å². The molecule has 0 aliphatic carbocycles. The molecule has 4 aromatic heterocycles. The summed E-state index contributed by atoms with van der Waals surface area (Å²) < 4.78 is 17.1. The Labute approximate surface area is 311 Å². The fourth-order valence-electron chi connectivity index (χ4n) is 6.72. The molecule has 4 heterocycles. The Morgan fingerprint density at radius 3 is 1.06 bits per heavy atom. The zero-order valence-electron chi connectivity index (χ0n) is 27.9. The number of ether oxygens (including phenoxy) is 1. The SMILES string of the molecule is Cc1ccc(C=Cc2ccc3c(c2)sc2c4ccc(Oc5ccc6c(c5)sc5c7ccc(C=Cc8ccc(C)cc8)cc7sc65)cc4sc32)cc1. The average molecular weight is 727 g/mol. The van der Waals surface area contributed by atoms with Crippen LogP contribution in [0, 0.1) is 13.8 Å². The third-order valence-electron chi connectivity index (χ3n) is 9.48. The topological polar surface area (TPSA) is 9.23 Å². The molecule has 10 rings (SSSR count). The molecular formula is C46H30OS4. The number of hydrogen-bond acceptors (Lipinski definition) is 5. The molecule has 0 radical (unpaired) electrons. The van der Waals surface area contributed by atoms with Gasteiger partial charge in [0.1, 0.15) is 11.5 Å². The van der Waals surface area contributed by atoms with E-state index in [1.165, 1.54) is 92.5 Å². The monoisotopic (exact) mass is 726 g/mol. The molecular weight excluding hydrogens is 697 g/mol. The molecule has 0 fully saturated rings. The third kappa shape index (κ3) is 5.67. The van der Waals surface area contributed by atoms with E-state index in [9.17, 15) is 0 Å². The van der Waals surface area contributed by atoms with Gasteiger partial charge in [0.05, 0.1) is 18.8 Å². The molecule has 0 unspecified atom stereocenters. The van der Waals surface area contributed by atoms with Gasteiger partial charge in [0.2, 0.25) is 0 Å². The van der Waals surface area contributed by atoms with E-state index in [0.717, 1.165) is 11.5 Å². The van der Waals surface area contributed by atoms with Crippen molar-refractivity contribution in [2.75, 3.05) is 0 Å². The van der Waals surface area contributed by atoms with Gasteiger partial charge in [-0.15, -0.1) is 45.3 Å². The molecule has 0 bridgehead atoms. The van der Waals surface area contributed by atoms with E-state index >= 15 is 0 Å². The molecule has 0 atom stereocenters. The van der Waals surface area contributed by atoms with Crippen molar-refractivity contribution in [2.45, 2.75) is 13.8 Å². The summed E-state index contributed by atoms with van der Waals surface area (Å²) in [7, 11) is 0. The minimum absolute atomic E-state index is 0.874. The van der Waals surface area contributed by atoms with E-state index < -0.39 is 0 Å². The highest BCUT2D eigenvalue weighted by Gasteiger charge is 2.15. The van der Waals surface area contributed by atoms with E-state index in [0.29, 0.717) is 0 Å². The highest BCUT2D eigenvalue weighted by molar-refractivity contribution is 7.37. The first kappa shape index (κ1) is 30.8.